The summed E-state index contributed by atoms with van der Waals surface area (Å²) in [7, 11) is 1.33. The molecule has 0 unspecified atom stereocenters. The van der Waals surface area contributed by atoms with Crippen molar-refractivity contribution >= 4 is 34.9 Å². The summed E-state index contributed by atoms with van der Waals surface area (Å²) in [6, 6.07) is 6.62. The first-order chi connectivity index (χ1) is 10.8. The number of halogens is 1. The van der Waals surface area contributed by atoms with Crippen LogP contribution in [0.25, 0.3) is 0 Å². The van der Waals surface area contributed by atoms with Crippen molar-refractivity contribution < 1.29 is 9.53 Å². The number of rotatable bonds is 4. The van der Waals surface area contributed by atoms with E-state index in [1.807, 2.05) is 20.8 Å². The number of ether oxygens (including phenoxy) is 1. The Morgan fingerprint density at radius 1 is 1.17 bits per heavy atom. The predicted molar refractivity (Wildman–Crippen MR) is 91.5 cm³/mol. The maximum Gasteiger partial charge on any atom is 0.337 e. The molecule has 0 aliphatic heterocycles. The number of anilines is 3. The average molecular weight is 335 g/mol. The first kappa shape index (κ1) is 17.0. The third kappa shape index (κ3) is 4.82. The maximum atomic E-state index is 11.6. The second kappa shape index (κ2) is 6.83. The number of hydrogen-bond donors (Lipinski definition) is 2. The van der Waals surface area contributed by atoms with Crippen molar-refractivity contribution in [3.05, 3.63) is 41.2 Å². The summed E-state index contributed by atoms with van der Waals surface area (Å²) in [5.41, 5.74) is 0.852. The minimum atomic E-state index is -0.428. The Hall–Kier alpha value is -2.34. The molecule has 7 heteroatoms. The number of hydrogen-bond acceptors (Lipinski definition) is 6. The van der Waals surface area contributed by atoms with E-state index in [0.29, 0.717) is 27.9 Å². The highest BCUT2D eigenvalue weighted by Gasteiger charge is 2.12. The van der Waals surface area contributed by atoms with Gasteiger partial charge in [-0.1, -0.05) is 11.6 Å². The minimum Gasteiger partial charge on any atom is -0.465 e. The van der Waals surface area contributed by atoms with Crippen LogP contribution in [-0.4, -0.2) is 28.6 Å². The second-order valence-electron chi connectivity index (χ2n) is 5.97. The van der Waals surface area contributed by atoms with Gasteiger partial charge in [0.15, 0.2) is 0 Å². The molecule has 0 saturated carbocycles. The topological polar surface area (TPSA) is 76.1 Å². The lowest BCUT2D eigenvalue weighted by Gasteiger charge is -2.21. The summed E-state index contributed by atoms with van der Waals surface area (Å²) in [4.78, 5) is 20.0. The molecule has 0 atom stereocenters. The van der Waals surface area contributed by atoms with Crippen molar-refractivity contribution in [1.29, 1.82) is 0 Å². The van der Waals surface area contributed by atoms with Crippen molar-refractivity contribution in [2.45, 2.75) is 26.3 Å². The molecule has 122 valence electrons. The Morgan fingerprint density at radius 2 is 1.87 bits per heavy atom. The Kier molecular flexibility index (Phi) is 5.05. The standard InChI is InChI=1S/C16H19ClN4O2/c1-16(2,3)21-14-8-13(18-9-19-14)20-12-7-10(15(22)23-4)5-6-11(12)17/h5-9H,1-4H3,(H2,18,19,20,21). The van der Waals surface area contributed by atoms with E-state index >= 15 is 0 Å². The van der Waals surface area contributed by atoms with Crippen molar-refractivity contribution in [3.8, 4) is 0 Å². The van der Waals surface area contributed by atoms with E-state index in [1.165, 1.54) is 13.4 Å². The van der Waals surface area contributed by atoms with Gasteiger partial charge in [-0.25, -0.2) is 14.8 Å². The predicted octanol–water partition coefficient (Wildman–Crippen LogP) is 3.87. The number of methoxy groups -OCH3 is 1. The number of carbonyl (C=O) groups is 1. The number of benzene rings is 1. The van der Waals surface area contributed by atoms with Gasteiger partial charge in [-0.15, -0.1) is 0 Å². The van der Waals surface area contributed by atoms with Crippen LogP contribution in [0.5, 0.6) is 0 Å². The summed E-state index contributed by atoms with van der Waals surface area (Å²) >= 11 is 6.17. The highest BCUT2D eigenvalue weighted by atomic mass is 35.5. The third-order valence-corrected chi connectivity index (χ3v) is 3.15. The Morgan fingerprint density at radius 3 is 2.52 bits per heavy atom. The summed E-state index contributed by atoms with van der Waals surface area (Å²) in [5.74, 6) is 0.827. The smallest absolute Gasteiger partial charge is 0.337 e. The molecule has 0 bridgehead atoms. The van der Waals surface area contributed by atoms with Gasteiger partial charge in [0.05, 0.1) is 23.4 Å². The summed E-state index contributed by atoms with van der Waals surface area (Å²) in [6.45, 7) is 6.12. The van der Waals surface area contributed by atoms with E-state index in [2.05, 4.69) is 20.6 Å². The van der Waals surface area contributed by atoms with E-state index in [9.17, 15) is 4.79 Å². The molecule has 1 aromatic heterocycles. The Balaban J connectivity index is 2.25. The molecule has 1 heterocycles. The molecule has 2 aromatic rings. The lowest BCUT2D eigenvalue weighted by Crippen LogP contribution is -2.26. The summed E-state index contributed by atoms with van der Waals surface area (Å²) in [5, 5.41) is 6.82. The van der Waals surface area contributed by atoms with Gasteiger partial charge in [-0.05, 0) is 39.0 Å². The average Bonchev–Trinajstić information content (AvgIpc) is 2.47. The van der Waals surface area contributed by atoms with Gasteiger partial charge in [-0.2, -0.15) is 0 Å². The van der Waals surface area contributed by atoms with E-state index in [-0.39, 0.29) is 5.54 Å². The van der Waals surface area contributed by atoms with Crippen LogP contribution in [-0.2, 0) is 4.74 Å². The van der Waals surface area contributed by atoms with Gasteiger partial charge in [-0.3, -0.25) is 0 Å². The van der Waals surface area contributed by atoms with Gasteiger partial charge >= 0.3 is 5.97 Å². The first-order valence-electron chi connectivity index (χ1n) is 7.03. The lowest BCUT2D eigenvalue weighted by molar-refractivity contribution is 0.0601. The maximum absolute atomic E-state index is 11.6. The summed E-state index contributed by atoms with van der Waals surface area (Å²) in [6.07, 6.45) is 1.45. The molecule has 23 heavy (non-hydrogen) atoms. The number of nitrogens with zero attached hydrogens (tertiary/aromatic N) is 2. The van der Waals surface area contributed by atoms with Gasteiger partial charge < -0.3 is 15.4 Å². The fourth-order valence-corrected chi connectivity index (χ4v) is 2.05. The number of esters is 1. The monoisotopic (exact) mass is 334 g/mol. The van der Waals surface area contributed by atoms with Crippen molar-refractivity contribution in [3.63, 3.8) is 0 Å². The van der Waals surface area contributed by atoms with Crippen LogP contribution < -0.4 is 10.6 Å². The molecule has 2 rings (SSSR count). The fourth-order valence-electron chi connectivity index (χ4n) is 1.88. The summed E-state index contributed by atoms with van der Waals surface area (Å²) < 4.78 is 4.71. The molecule has 0 radical (unpaired) electrons. The SMILES string of the molecule is COC(=O)c1ccc(Cl)c(Nc2cc(NC(C)(C)C)ncn2)c1. The molecule has 0 aliphatic rings. The molecule has 1 aromatic carbocycles. The van der Waals surface area contributed by atoms with Crippen LogP contribution in [0.15, 0.2) is 30.6 Å². The first-order valence-corrected chi connectivity index (χ1v) is 7.41. The van der Waals surface area contributed by atoms with Crippen LogP contribution in [0, 0.1) is 0 Å². The van der Waals surface area contributed by atoms with Crippen LogP contribution >= 0.6 is 11.6 Å². The van der Waals surface area contributed by atoms with E-state index < -0.39 is 5.97 Å². The molecule has 0 spiro atoms. The molecule has 2 N–H and O–H groups in total. The Labute approximate surface area is 140 Å². The zero-order valence-electron chi connectivity index (χ0n) is 13.5. The van der Waals surface area contributed by atoms with Crippen molar-refractivity contribution in [2.24, 2.45) is 0 Å². The Bertz CT molecular complexity index is 713. The molecule has 0 amide bonds. The highest BCUT2D eigenvalue weighted by Crippen LogP contribution is 2.27. The van der Waals surface area contributed by atoms with Crippen LogP contribution in [0.2, 0.25) is 5.02 Å². The molecule has 6 nitrogen and oxygen atoms in total. The lowest BCUT2D eigenvalue weighted by atomic mass is 10.1. The normalized spacial score (nSPS) is 11.0. The second-order valence-corrected chi connectivity index (χ2v) is 6.38. The zero-order valence-corrected chi connectivity index (χ0v) is 14.2. The number of aromatic nitrogens is 2. The van der Waals surface area contributed by atoms with E-state index in [4.69, 9.17) is 16.3 Å². The zero-order chi connectivity index (χ0) is 17.0. The third-order valence-electron chi connectivity index (χ3n) is 2.82. The van der Waals surface area contributed by atoms with Gasteiger partial charge in [0.1, 0.15) is 18.0 Å². The highest BCUT2D eigenvalue weighted by molar-refractivity contribution is 6.33. The van der Waals surface area contributed by atoms with E-state index in [0.717, 1.165) is 0 Å². The largest absolute Gasteiger partial charge is 0.465 e. The van der Waals surface area contributed by atoms with Crippen LogP contribution in [0.3, 0.4) is 0 Å². The molecule has 0 fully saturated rings. The number of nitrogens with one attached hydrogen (secondary N) is 2. The fraction of sp³-hybridized carbons (Fsp3) is 0.312. The van der Waals surface area contributed by atoms with Crippen molar-refractivity contribution in [2.75, 3.05) is 17.7 Å². The van der Waals surface area contributed by atoms with Crippen molar-refractivity contribution in [1.82, 2.24) is 9.97 Å². The molecule has 0 saturated heterocycles. The van der Waals surface area contributed by atoms with Gasteiger partial charge in [0.2, 0.25) is 0 Å². The van der Waals surface area contributed by atoms with Crippen LogP contribution in [0.1, 0.15) is 31.1 Å². The quantitative estimate of drug-likeness (QED) is 0.826. The molecule has 0 aliphatic carbocycles. The van der Waals surface area contributed by atoms with Gasteiger partial charge in [0, 0.05) is 11.6 Å². The van der Waals surface area contributed by atoms with E-state index in [1.54, 1.807) is 24.3 Å². The molecular formula is C16H19ClN4O2. The number of carbonyl (C=O) groups excluding carboxylic acids is 1. The minimum absolute atomic E-state index is 0.117. The van der Waals surface area contributed by atoms with Crippen LogP contribution in [0.4, 0.5) is 17.3 Å². The van der Waals surface area contributed by atoms with Gasteiger partial charge in [0.25, 0.3) is 0 Å². The molecular weight excluding hydrogens is 316 g/mol.